The first-order valence-corrected chi connectivity index (χ1v) is 5.62. The maximum Gasteiger partial charge on any atom is 0.128 e. The van der Waals surface area contributed by atoms with Gasteiger partial charge in [0, 0.05) is 5.56 Å². The minimum atomic E-state index is -0.684. The molecule has 96 valence electrons. The third kappa shape index (κ3) is 2.70. The summed E-state index contributed by atoms with van der Waals surface area (Å²) in [5.74, 6) is -0.996. The Morgan fingerprint density at radius 3 is 2.89 bits per heavy atom. The van der Waals surface area contributed by atoms with Gasteiger partial charge in [0.15, 0.2) is 0 Å². The summed E-state index contributed by atoms with van der Waals surface area (Å²) in [6.07, 6.45) is 1.36. The van der Waals surface area contributed by atoms with Gasteiger partial charge in [0.05, 0.1) is 18.8 Å². The molecular formula is C12H13F2N3O. The lowest BCUT2D eigenvalue weighted by Gasteiger charge is -2.03. The van der Waals surface area contributed by atoms with Crippen LogP contribution in [0.2, 0.25) is 0 Å². The minimum Gasteiger partial charge on any atom is -0.387 e. The number of aliphatic hydroxyl groups is 1. The van der Waals surface area contributed by atoms with E-state index in [9.17, 15) is 13.9 Å². The normalized spacial score (nSPS) is 12.7. The van der Waals surface area contributed by atoms with E-state index >= 15 is 0 Å². The van der Waals surface area contributed by atoms with Crippen LogP contribution in [-0.4, -0.2) is 20.1 Å². The van der Waals surface area contributed by atoms with Gasteiger partial charge >= 0.3 is 0 Å². The molecule has 1 N–H and O–H groups in total. The van der Waals surface area contributed by atoms with Gasteiger partial charge in [-0.3, -0.25) is 0 Å². The van der Waals surface area contributed by atoms with Gasteiger partial charge in [-0.05, 0) is 24.6 Å². The van der Waals surface area contributed by atoms with E-state index in [1.807, 2.05) is 6.92 Å². The Labute approximate surface area is 103 Å². The monoisotopic (exact) mass is 253 g/mol. The molecule has 0 saturated carbocycles. The van der Waals surface area contributed by atoms with Crippen molar-refractivity contribution in [2.45, 2.75) is 26.0 Å². The topological polar surface area (TPSA) is 50.9 Å². The lowest BCUT2D eigenvalue weighted by molar-refractivity contribution is 0.168. The van der Waals surface area contributed by atoms with Crippen LogP contribution in [0.4, 0.5) is 8.78 Å². The fourth-order valence-electron chi connectivity index (χ4n) is 1.59. The van der Waals surface area contributed by atoms with Crippen LogP contribution in [0.3, 0.4) is 0 Å². The van der Waals surface area contributed by atoms with Crippen LogP contribution in [0.1, 0.15) is 30.7 Å². The molecule has 1 aromatic heterocycles. The molecule has 0 spiro atoms. The predicted molar refractivity (Wildman–Crippen MR) is 60.7 cm³/mol. The summed E-state index contributed by atoms with van der Waals surface area (Å²) in [5.41, 5.74) is 0.617. The summed E-state index contributed by atoms with van der Waals surface area (Å²) >= 11 is 0. The molecule has 2 rings (SSSR count). The van der Waals surface area contributed by atoms with Crippen LogP contribution >= 0.6 is 0 Å². The molecule has 1 atom stereocenters. The van der Waals surface area contributed by atoms with E-state index in [0.29, 0.717) is 12.1 Å². The summed E-state index contributed by atoms with van der Waals surface area (Å²) in [4.78, 5) is 0. The Kier molecular flexibility index (Phi) is 3.66. The molecule has 0 radical (unpaired) electrons. The van der Waals surface area contributed by atoms with Gasteiger partial charge in [0.2, 0.25) is 0 Å². The molecule has 4 nitrogen and oxygen atoms in total. The van der Waals surface area contributed by atoms with Crippen LogP contribution in [0, 0.1) is 11.6 Å². The average molecular weight is 253 g/mol. The summed E-state index contributed by atoms with van der Waals surface area (Å²) in [7, 11) is 0. The highest BCUT2D eigenvalue weighted by Gasteiger charge is 2.11. The predicted octanol–water partition coefficient (Wildman–Crippen LogP) is 2.05. The van der Waals surface area contributed by atoms with Crippen molar-refractivity contribution in [3.63, 3.8) is 0 Å². The molecule has 0 saturated heterocycles. The zero-order valence-electron chi connectivity index (χ0n) is 9.85. The first-order valence-electron chi connectivity index (χ1n) is 5.62. The Balaban J connectivity index is 2.18. The molecule has 1 aromatic carbocycles. The number of rotatable bonds is 4. The number of hydrogen-bond donors (Lipinski definition) is 1. The van der Waals surface area contributed by atoms with Gasteiger partial charge in [-0.25, -0.2) is 13.5 Å². The zero-order valence-corrected chi connectivity index (χ0v) is 9.85. The smallest absolute Gasteiger partial charge is 0.128 e. The SMILES string of the molecule is CCC(O)c1cn(Cc2cc(F)ccc2F)nn1. The Morgan fingerprint density at radius 1 is 1.39 bits per heavy atom. The molecule has 0 amide bonds. The van der Waals surface area contributed by atoms with E-state index in [2.05, 4.69) is 10.3 Å². The molecule has 2 aromatic rings. The second kappa shape index (κ2) is 5.22. The van der Waals surface area contributed by atoms with Crippen molar-refractivity contribution >= 4 is 0 Å². The van der Waals surface area contributed by atoms with Gasteiger partial charge in [0.1, 0.15) is 17.3 Å². The standard InChI is InChI=1S/C12H13F2N3O/c1-2-12(18)11-7-17(16-15-11)6-8-5-9(13)3-4-10(8)14/h3-5,7,12,18H,2,6H2,1H3. The first kappa shape index (κ1) is 12.6. The third-order valence-electron chi connectivity index (χ3n) is 2.62. The lowest BCUT2D eigenvalue weighted by Crippen LogP contribution is -2.03. The van der Waals surface area contributed by atoms with E-state index < -0.39 is 17.7 Å². The van der Waals surface area contributed by atoms with Crippen molar-refractivity contribution in [2.24, 2.45) is 0 Å². The molecule has 0 aliphatic rings. The van der Waals surface area contributed by atoms with Gasteiger partial charge in [0.25, 0.3) is 0 Å². The largest absolute Gasteiger partial charge is 0.387 e. The van der Waals surface area contributed by atoms with Gasteiger partial charge in [-0.1, -0.05) is 12.1 Å². The molecule has 0 fully saturated rings. The summed E-state index contributed by atoms with van der Waals surface area (Å²) in [6.45, 7) is 1.89. The van der Waals surface area contributed by atoms with Crippen molar-refractivity contribution < 1.29 is 13.9 Å². The molecule has 6 heteroatoms. The average Bonchev–Trinajstić information content (AvgIpc) is 2.81. The maximum atomic E-state index is 13.4. The highest BCUT2D eigenvalue weighted by atomic mass is 19.1. The van der Waals surface area contributed by atoms with E-state index in [-0.39, 0.29) is 12.1 Å². The molecule has 0 aliphatic heterocycles. The summed E-state index contributed by atoms with van der Waals surface area (Å²) < 4.78 is 27.8. The van der Waals surface area contributed by atoms with E-state index in [1.165, 1.54) is 10.9 Å². The number of halogens is 2. The van der Waals surface area contributed by atoms with Gasteiger partial charge in [-0.15, -0.1) is 5.10 Å². The van der Waals surface area contributed by atoms with Gasteiger partial charge in [-0.2, -0.15) is 0 Å². The van der Waals surface area contributed by atoms with E-state index in [0.717, 1.165) is 18.2 Å². The highest BCUT2D eigenvalue weighted by molar-refractivity contribution is 5.19. The molecule has 1 heterocycles. The van der Waals surface area contributed by atoms with Crippen molar-refractivity contribution in [1.82, 2.24) is 15.0 Å². The molecule has 0 aliphatic carbocycles. The number of aliphatic hydroxyl groups excluding tert-OH is 1. The molecular weight excluding hydrogens is 240 g/mol. The second-order valence-electron chi connectivity index (χ2n) is 4.00. The second-order valence-corrected chi connectivity index (χ2v) is 4.00. The molecule has 1 unspecified atom stereocenters. The van der Waals surface area contributed by atoms with Crippen molar-refractivity contribution in [2.75, 3.05) is 0 Å². The Hall–Kier alpha value is -1.82. The lowest BCUT2D eigenvalue weighted by atomic mass is 10.2. The number of benzene rings is 1. The number of aromatic nitrogens is 3. The third-order valence-corrected chi connectivity index (χ3v) is 2.62. The fourth-order valence-corrected chi connectivity index (χ4v) is 1.59. The quantitative estimate of drug-likeness (QED) is 0.907. The van der Waals surface area contributed by atoms with Crippen LogP contribution in [0.5, 0.6) is 0 Å². The molecule has 18 heavy (non-hydrogen) atoms. The van der Waals surface area contributed by atoms with Crippen LogP contribution in [0.15, 0.2) is 24.4 Å². The summed E-state index contributed by atoms with van der Waals surface area (Å²) in [6, 6.07) is 3.25. The number of hydrogen-bond acceptors (Lipinski definition) is 3. The Bertz CT molecular complexity index is 542. The van der Waals surface area contributed by atoms with E-state index in [4.69, 9.17) is 0 Å². The zero-order chi connectivity index (χ0) is 13.1. The van der Waals surface area contributed by atoms with E-state index in [1.54, 1.807) is 0 Å². The Morgan fingerprint density at radius 2 is 2.17 bits per heavy atom. The van der Waals surface area contributed by atoms with Crippen LogP contribution in [-0.2, 0) is 6.54 Å². The first-order chi connectivity index (χ1) is 8.60. The van der Waals surface area contributed by atoms with Crippen molar-refractivity contribution in [3.8, 4) is 0 Å². The fraction of sp³-hybridized carbons (Fsp3) is 0.333. The minimum absolute atomic E-state index is 0.0764. The summed E-state index contributed by atoms with van der Waals surface area (Å²) in [5, 5.41) is 17.1. The van der Waals surface area contributed by atoms with Crippen molar-refractivity contribution in [1.29, 1.82) is 0 Å². The highest BCUT2D eigenvalue weighted by Crippen LogP contribution is 2.14. The number of nitrogens with zero attached hydrogens (tertiary/aromatic N) is 3. The van der Waals surface area contributed by atoms with Crippen LogP contribution in [0.25, 0.3) is 0 Å². The van der Waals surface area contributed by atoms with Crippen LogP contribution < -0.4 is 0 Å². The molecule has 0 bridgehead atoms. The maximum absolute atomic E-state index is 13.4. The van der Waals surface area contributed by atoms with Gasteiger partial charge < -0.3 is 5.11 Å². The van der Waals surface area contributed by atoms with Crippen molar-refractivity contribution in [3.05, 3.63) is 47.3 Å².